The average Bonchev–Trinajstić information content (AvgIpc) is 2.65. The highest BCUT2D eigenvalue weighted by atomic mass is 16.3. The zero-order valence-electron chi connectivity index (χ0n) is 8.35. The second kappa shape index (κ2) is 3.92. The Bertz CT molecular complexity index is 316. The molecule has 0 spiro atoms. The molecule has 14 heavy (non-hydrogen) atoms. The topological polar surface area (TPSA) is 49.2 Å². The van der Waals surface area contributed by atoms with Gasteiger partial charge in [-0.1, -0.05) is 0 Å². The smallest absolute Gasteiger partial charge is 0.225 e. The predicted octanol–water partition coefficient (Wildman–Crippen LogP) is 0.746. The van der Waals surface area contributed by atoms with Gasteiger partial charge in [-0.25, -0.2) is 9.97 Å². The largest absolute Gasteiger partial charge is 0.394 e. The number of aliphatic hydroxyl groups is 1. The number of aromatic nitrogens is 2. The van der Waals surface area contributed by atoms with Crippen molar-refractivity contribution in [2.75, 3.05) is 18.1 Å². The molecule has 1 aliphatic rings. The van der Waals surface area contributed by atoms with Crippen molar-refractivity contribution in [1.82, 2.24) is 9.97 Å². The van der Waals surface area contributed by atoms with Gasteiger partial charge in [-0.2, -0.15) is 0 Å². The Balaban J connectivity index is 2.21. The second-order valence-electron chi connectivity index (χ2n) is 3.67. The lowest BCUT2D eigenvalue weighted by atomic mass is 10.2. The molecule has 0 bridgehead atoms. The van der Waals surface area contributed by atoms with Crippen molar-refractivity contribution < 1.29 is 5.11 Å². The molecule has 1 aliphatic heterocycles. The van der Waals surface area contributed by atoms with Crippen LogP contribution in [0.25, 0.3) is 0 Å². The van der Waals surface area contributed by atoms with Gasteiger partial charge in [0.05, 0.1) is 12.6 Å². The molecule has 0 aliphatic carbocycles. The van der Waals surface area contributed by atoms with Crippen molar-refractivity contribution in [3.63, 3.8) is 0 Å². The average molecular weight is 193 g/mol. The molecule has 1 aromatic rings. The Morgan fingerprint density at radius 1 is 1.64 bits per heavy atom. The van der Waals surface area contributed by atoms with E-state index in [9.17, 15) is 0 Å². The number of rotatable bonds is 2. The number of aryl methyl sites for hydroxylation is 1. The molecule has 0 unspecified atom stereocenters. The van der Waals surface area contributed by atoms with E-state index in [1.54, 1.807) is 6.20 Å². The maximum absolute atomic E-state index is 9.17. The van der Waals surface area contributed by atoms with Crippen LogP contribution >= 0.6 is 0 Å². The number of nitrogens with zero attached hydrogens (tertiary/aromatic N) is 3. The van der Waals surface area contributed by atoms with Crippen LogP contribution < -0.4 is 4.90 Å². The Morgan fingerprint density at radius 3 is 3.21 bits per heavy atom. The van der Waals surface area contributed by atoms with Crippen LogP contribution in [0.5, 0.6) is 0 Å². The van der Waals surface area contributed by atoms with Crippen molar-refractivity contribution in [2.24, 2.45) is 0 Å². The fourth-order valence-electron chi connectivity index (χ4n) is 1.86. The first-order valence-electron chi connectivity index (χ1n) is 4.98. The highest BCUT2D eigenvalue weighted by Crippen LogP contribution is 2.21. The van der Waals surface area contributed by atoms with Gasteiger partial charge >= 0.3 is 0 Å². The lowest BCUT2D eigenvalue weighted by Crippen LogP contribution is -2.33. The normalized spacial score (nSPS) is 21.6. The SMILES string of the molecule is Cc1ccnc(N2CCC[C@H]2CO)n1. The van der Waals surface area contributed by atoms with Gasteiger partial charge in [-0.3, -0.25) is 0 Å². The van der Waals surface area contributed by atoms with Gasteiger partial charge < -0.3 is 10.0 Å². The maximum atomic E-state index is 9.17. The summed E-state index contributed by atoms with van der Waals surface area (Å²) >= 11 is 0. The summed E-state index contributed by atoms with van der Waals surface area (Å²) in [6.07, 6.45) is 3.92. The molecule has 0 saturated carbocycles. The Hall–Kier alpha value is -1.16. The lowest BCUT2D eigenvalue weighted by molar-refractivity contribution is 0.265. The van der Waals surface area contributed by atoms with Crippen LogP contribution in [-0.2, 0) is 0 Å². The van der Waals surface area contributed by atoms with E-state index in [2.05, 4.69) is 14.9 Å². The van der Waals surface area contributed by atoms with Crippen LogP contribution in [0.3, 0.4) is 0 Å². The number of hydrogen-bond acceptors (Lipinski definition) is 4. The first-order valence-corrected chi connectivity index (χ1v) is 4.98. The lowest BCUT2D eigenvalue weighted by Gasteiger charge is -2.22. The molecule has 2 heterocycles. The maximum Gasteiger partial charge on any atom is 0.225 e. The molecule has 4 nitrogen and oxygen atoms in total. The van der Waals surface area contributed by atoms with Crippen molar-refractivity contribution in [3.05, 3.63) is 18.0 Å². The summed E-state index contributed by atoms with van der Waals surface area (Å²) in [6, 6.07) is 2.09. The third-order valence-electron chi connectivity index (χ3n) is 2.63. The molecule has 0 radical (unpaired) electrons. The zero-order valence-corrected chi connectivity index (χ0v) is 8.35. The van der Waals surface area contributed by atoms with Crippen LogP contribution in [0.2, 0.25) is 0 Å². The van der Waals surface area contributed by atoms with Crippen LogP contribution in [0.1, 0.15) is 18.5 Å². The Morgan fingerprint density at radius 2 is 2.50 bits per heavy atom. The molecule has 2 rings (SSSR count). The van der Waals surface area contributed by atoms with Gasteiger partial charge in [0.2, 0.25) is 5.95 Å². The zero-order chi connectivity index (χ0) is 9.97. The minimum Gasteiger partial charge on any atom is -0.394 e. The third kappa shape index (κ3) is 1.70. The number of aliphatic hydroxyl groups excluding tert-OH is 1. The summed E-state index contributed by atoms with van der Waals surface area (Å²) in [5.41, 5.74) is 0.971. The van der Waals surface area contributed by atoms with Gasteiger partial charge in [-0.05, 0) is 25.8 Å². The minimum absolute atomic E-state index is 0.192. The highest BCUT2D eigenvalue weighted by molar-refractivity contribution is 5.33. The van der Waals surface area contributed by atoms with Crippen LogP contribution in [0, 0.1) is 6.92 Å². The van der Waals surface area contributed by atoms with Crippen molar-refractivity contribution in [1.29, 1.82) is 0 Å². The van der Waals surface area contributed by atoms with Gasteiger partial charge in [-0.15, -0.1) is 0 Å². The first-order chi connectivity index (χ1) is 6.81. The molecule has 4 heteroatoms. The van der Waals surface area contributed by atoms with Gasteiger partial charge in [0.15, 0.2) is 0 Å². The fraction of sp³-hybridized carbons (Fsp3) is 0.600. The summed E-state index contributed by atoms with van der Waals surface area (Å²) in [6.45, 7) is 3.10. The second-order valence-corrected chi connectivity index (χ2v) is 3.67. The highest BCUT2D eigenvalue weighted by Gasteiger charge is 2.25. The minimum atomic E-state index is 0.192. The molecule has 1 saturated heterocycles. The summed E-state index contributed by atoms with van der Waals surface area (Å²) < 4.78 is 0. The molecular formula is C10H15N3O. The summed E-state index contributed by atoms with van der Waals surface area (Å²) in [5, 5.41) is 9.17. The monoisotopic (exact) mass is 193 g/mol. The van der Waals surface area contributed by atoms with Crippen LogP contribution in [0.4, 0.5) is 5.95 Å². The Labute approximate surface area is 83.6 Å². The molecule has 0 amide bonds. The quantitative estimate of drug-likeness (QED) is 0.753. The summed E-state index contributed by atoms with van der Waals surface area (Å²) in [7, 11) is 0. The van der Waals surface area contributed by atoms with Crippen molar-refractivity contribution >= 4 is 5.95 Å². The van der Waals surface area contributed by atoms with Gasteiger partial charge in [0.1, 0.15) is 0 Å². The van der Waals surface area contributed by atoms with E-state index >= 15 is 0 Å². The van der Waals surface area contributed by atoms with Crippen LogP contribution in [-0.4, -0.2) is 34.3 Å². The van der Waals surface area contributed by atoms with Crippen LogP contribution in [0.15, 0.2) is 12.3 Å². The van der Waals surface area contributed by atoms with Crippen molar-refractivity contribution in [3.8, 4) is 0 Å². The summed E-state index contributed by atoms with van der Waals surface area (Å²) in [4.78, 5) is 10.7. The molecule has 0 aromatic carbocycles. The van der Waals surface area contributed by atoms with E-state index in [1.165, 1.54) is 0 Å². The van der Waals surface area contributed by atoms with E-state index in [1.807, 2.05) is 13.0 Å². The van der Waals surface area contributed by atoms with E-state index in [4.69, 9.17) is 5.11 Å². The standard InChI is InChI=1S/C10H15N3O/c1-8-4-5-11-10(12-8)13-6-2-3-9(13)7-14/h4-5,9,14H,2-3,6-7H2,1H3/t9-/m0/s1. The van der Waals surface area contributed by atoms with Gasteiger partial charge in [0, 0.05) is 18.4 Å². The molecule has 1 aromatic heterocycles. The number of anilines is 1. The first kappa shape index (κ1) is 9.40. The fourth-order valence-corrected chi connectivity index (χ4v) is 1.86. The number of hydrogen-bond donors (Lipinski definition) is 1. The van der Waals surface area contributed by atoms with E-state index in [0.29, 0.717) is 0 Å². The van der Waals surface area contributed by atoms with E-state index in [0.717, 1.165) is 31.0 Å². The molecule has 1 atom stereocenters. The molecule has 1 N–H and O–H groups in total. The van der Waals surface area contributed by atoms with Crippen molar-refractivity contribution in [2.45, 2.75) is 25.8 Å². The molecule has 76 valence electrons. The molecule has 1 fully saturated rings. The van der Waals surface area contributed by atoms with E-state index in [-0.39, 0.29) is 12.6 Å². The Kier molecular flexibility index (Phi) is 2.63. The van der Waals surface area contributed by atoms with Gasteiger partial charge in [0.25, 0.3) is 0 Å². The third-order valence-corrected chi connectivity index (χ3v) is 2.63. The van der Waals surface area contributed by atoms with E-state index < -0.39 is 0 Å². The molecular weight excluding hydrogens is 178 g/mol. The summed E-state index contributed by atoms with van der Waals surface area (Å²) in [5.74, 6) is 0.751. The predicted molar refractivity (Wildman–Crippen MR) is 54.2 cm³/mol.